The van der Waals surface area contributed by atoms with Crippen molar-refractivity contribution in [2.24, 2.45) is 0 Å². The van der Waals surface area contributed by atoms with E-state index >= 15 is 4.39 Å². The average molecular weight is 971 g/mol. The number of fused-ring (bicyclic) bond motifs is 4. The van der Waals surface area contributed by atoms with Crippen molar-refractivity contribution in [3.63, 3.8) is 0 Å². The maximum Gasteiger partial charge on any atom is 0.259 e. The summed E-state index contributed by atoms with van der Waals surface area (Å²) in [7, 11) is 0. The Morgan fingerprint density at radius 2 is 1.57 bits per heavy atom. The molecule has 2 spiro atoms. The van der Waals surface area contributed by atoms with Crippen molar-refractivity contribution in [3.8, 4) is 0 Å². The summed E-state index contributed by atoms with van der Waals surface area (Å²) in [6.07, 6.45) is 2.62. The van der Waals surface area contributed by atoms with Gasteiger partial charge < -0.3 is 35.8 Å². The lowest BCUT2D eigenvalue weighted by Gasteiger charge is -2.47. The van der Waals surface area contributed by atoms with E-state index in [1.165, 1.54) is 6.07 Å². The van der Waals surface area contributed by atoms with Gasteiger partial charge in [0.05, 0.1) is 43.1 Å². The summed E-state index contributed by atoms with van der Waals surface area (Å²) in [5.41, 5.74) is 0.930. The second kappa shape index (κ2) is 19.6. The molecule has 1 aliphatic carbocycles. The fourth-order valence-corrected chi connectivity index (χ4v) is 11.2. The van der Waals surface area contributed by atoms with Crippen LogP contribution >= 0.6 is 23.2 Å². The first-order chi connectivity index (χ1) is 32.8. The SMILES string of the molecule is O=C1CCC(N2C(=O)c3c(NCCOCCOCCNC(=O)c4ccc(NC(=O)[C@@H]5NC6(CCCCC6)[C@@]6(C(=O)Nc7cc(Cl)ccc76)[C@H]5c5cccc(Cl)c5F)cc4)cccc3C2O)C(=O)N1. The van der Waals surface area contributed by atoms with Gasteiger partial charge in [-0.05, 0) is 78.9 Å². The molecule has 5 aliphatic rings. The van der Waals surface area contributed by atoms with Crippen LogP contribution in [0.5, 0.6) is 0 Å². The number of aliphatic hydroxyl groups excluding tert-OH is 1. The molecule has 4 aromatic rings. The fraction of sp³-hybridized carbons (Fsp3) is 0.388. The molecular weight excluding hydrogens is 920 g/mol. The normalized spacial score (nSPS) is 23.6. The Morgan fingerprint density at radius 3 is 2.32 bits per heavy atom. The Bertz CT molecular complexity index is 2670. The summed E-state index contributed by atoms with van der Waals surface area (Å²) in [5, 5.41) is 29.0. The highest BCUT2D eigenvalue weighted by molar-refractivity contribution is 6.31. The minimum absolute atomic E-state index is 0.0725. The van der Waals surface area contributed by atoms with Gasteiger partial charge in [-0.3, -0.25) is 44.3 Å². The molecule has 19 heteroatoms. The first kappa shape index (κ1) is 47.1. The van der Waals surface area contributed by atoms with Gasteiger partial charge in [0.15, 0.2) is 6.23 Å². The van der Waals surface area contributed by atoms with Crippen molar-refractivity contribution in [3.05, 3.63) is 123 Å². The first-order valence-corrected chi connectivity index (χ1v) is 23.5. The third-order valence-electron chi connectivity index (χ3n) is 13.8. The van der Waals surface area contributed by atoms with Gasteiger partial charge >= 0.3 is 0 Å². The zero-order chi connectivity index (χ0) is 47.7. The van der Waals surface area contributed by atoms with Crippen LogP contribution in [0, 0.1) is 5.82 Å². The van der Waals surface area contributed by atoms with Crippen LogP contribution in [-0.2, 0) is 34.1 Å². The van der Waals surface area contributed by atoms with Crippen LogP contribution in [0.1, 0.15) is 94.5 Å². The lowest BCUT2D eigenvalue weighted by Crippen LogP contribution is -2.60. The Kier molecular flexibility index (Phi) is 13.6. The quantitative estimate of drug-likeness (QED) is 0.0580. The largest absolute Gasteiger partial charge is 0.382 e. The van der Waals surface area contributed by atoms with Crippen LogP contribution in [0.4, 0.5) is 21.5 Å². The Morgan fingerprint density at radius 1 is 0.853 bits per heavy atom. The number of piperidine rings is 1. The van der Waals surface area contributed by atoms with Crippen molar-refractivity contribution < 1.29 is 47.7 Å². The Hall–Kier alpha value is -5.95. The molecule has 0 bridgehead atoms. The standard InChI is InChI=1S/C49H50Cl2FN7O9/c50-28-12-15-32-35(26-28)56-47(66)49(32)39(31-7-4-8-33(51)40(31)52)41(58-48(49)18-2-1-3-19-48)44(63)55-29-13-10-27(11-14-29)42(61)54-21-23-68-25-24-67-22-20-53-34-9-5-6-30-38(34)46(65)59(45(30)64)36-16-17-37(60)57-43(36)62/h4-15,26,36,39,41,45,53,58,64H,1-3,16-25H2,(H,54,61)(H,55,63)(H,56,66)(H,57,60,62)/t36?,39-,41+,45?,49+/m0/s1. The molecule has 16 nitrogen and oxygen atoms in total. The second-order valence-electron chi connectivity index (χ2n) is 17.6. The van der Waals surface area contributed by atoms with Crippen LogP contribution in [0.3, 0.4) is 0 Å². The highest BCUT2D eigenvalue weighted by Crippen LogP contribution is 2.63. The van der Waals surface area contributed by atoms with E-state index < -0.39 is 64.6 Å². The number of nitrogens with zero attached hydrogens (tertiary/aromatic N) is 1. The number of ether oxygens (including phenoxy) is 2. The van der Waals surface area contributed by atoms with Crippen LogP contribution in [0.2, 0.25) is 10.0 Å². The summed E-state index contributed by atoms with van der Waals surface area (Å²) < 4.78 is 27.5. The summed E-state index contributed by atoms with van der Waals surface area (Å²) >= 11 is 12.8. The van der Waals surface area contributed by atoms with E-state index in [-0.39, 0.29) is 73.8 Å². The predicted octanol–water partition coefficient (Wildman–Crippen LogP) is 5.55. The molecule has 0 aromatic heterocycles. The molecule has 5 atom stereocenters. The summed E-state index contributed by atoms with van der Waals surface area (Å²) in [4.78, 5) is 80.7. The minimum Gasteiger partial charge on any atom is -0.382 e. The number of hydrogen-bond donors (Lipinski definition) is 7. The highest BCUT2D eigenvalue weighted by Gasteiger charge is 2.72. The molecule has 4 heterocycles. The molecule has 68 heavy (non-hydrogen) atoms. The van der Waals surface area contributed by atoms with Crippen molar-refractivity contribution >= 4 is 75.7 Å². The third-order valence-corrected chi connectivity index (χ3v) is 14.3. The van der Waals surface area contributed by atoms with Gasteiger partial charge in [-0.2, -0.15) is 0 Å². The topological polar surface area (TPSA) is 217 Å². The second-order valence-corrected chi connectivity index (χ2v) is 18.5. The third kappa shape index (κ3) is 8.49. The van der Waals surface area contributed by atoms with Crippen LogP contribution in [0.15, 0.2) is 78.9 Å². The van der Waals surface area contributed by atoms with Crippen LogP contribution in [-0.4, -0.2) is 103 Å². The van der Waals surface area contributed by atoms with E-state index in [1.54, 1.807) is 72.8 Å². The maximum absolute atomic E-state index is 16.2. The summed E-state index contributed by atoms with van der Waals surface area (Å²) in [6.45, 7) is 1.56. The summed E-state index contributed by atoms with van der Waals surface area (Å²) in [6, 6.07) is 19.2. The zero-order valence-electron chi connectivity index (χ0n) is 36.8. The van der Waals surface area contributed by atoms with Gasteiger partial charge in [0, 0.05) is 64.2 Å². The molecule has 0 radical (unpaired) electrons. The smallest absolute Gasteiger partial charge is 0.259 e. The van der Waals surface area contributed by atoms with Crippen molar-refractivity contribution in [1.82, 2.24) is 20.9 Å². The fourth-order valence-electron chi connectivity index (χ4n) is 10.9. The monoisotopic (exact) mass is 969 g/mol. The highest BCUT2D eigenvalue weighted by atomic mass is 35.5. The van der Waals surface area contributed by atoms with Gasteiger partial charge in [0.1, 0.15) is 17.3 Å². The van der Waals surface area contributed by atoms with E-state index in [4.69, 9.17) is 32.7 Å². The number of amides is 6. The van der Waals surface area contributed by atoms with Gasteiger partial charge in [-0.25, -0.2) is 4.39 Å². The molecule has 9 rings (SSSR count). The van der Waals surface area contributed by atoms with Crippen molar-refractivity contribution in [2.75, 3.05) is 55.5 Å². The molecule has 3 fully saturated rings. The number of nitrogens with one attached hydrogen (secondary N) is 6. The van der Waals surface area contributed by atoms with Gasteiger partial charge in [-0.1, -0.05) is 72.8 Å². The van der Waals surface area contributed by atoms with Crippen molar-refractivity contribution in [1.29, 1.82) is 0 Å². The number of carbonyl (C=O) groups excluding carboxylic acids is 6. The van der Waals surface area contributed by atoms with Gasteiger partial charge in [-0.15, -0.1) is 0 Å². The average Bonchev–Trinajstić information content (AvgIpc) is 3.88. The first-order valence-electron chi connectivity index (χ1n) is 22.7. The Labute approximate surface area is 401 Å². The molecule has 356 valence electrons. The van der Waals surface area contributed by atoms with E-state index in [0.717, 1.165) is 24.2 Å². The number of rotatable bonds is 15. The lowest BCUT2D eigenvalue weighted by molar-refractivity contribution is -0.139. The molecule has 4 aliphatic heterocycles. The van der Waals surface area contributed by atoms with Gasteiger partial charge in [0.25, 0.3) is 11.8 Å². The molecular formula is C49H50Cl2FN7O9. The lowest BCUT2D eigenvalue weighted by atomic mass is 9.55. The number of aliphatic hydroxyl groups is 1. The number of carbonyl (C=O) groups is 6. The molecule has 4 aromatic carbocycles. The van der Waals surface area contributed by atoms with Gasteiger partial charge in [0.2, 0.25) is 23.6 Å². The van der Waals surface area contributed by atoms with Crippen LogP contribution < -0.4 is 31.9 Å². The number of halogens is 3. The summed E-state index contributed by atoms with van der Waals surface area (Å²) in [5.74, 6) is -4.38. The minimum atomic E-state index is -1.37. The molecule has 1 saturated carbocycles. The van der Waals surface area contributed by atoms with E-state index in [0.29, 0.717) is 58.2 Å². The molecule has 6 amide bonds. The number of anilines is 3. The van der Waals surface area contributed by atoms with Crippen molar-refractivity contribution in [2.45, 2.75) is 80.1 Å². The van der Waals surface area contributed by atoms with E-state index in [1.807, 2.05) is 0 Å². The van der Waals surface area contributed by atoms with E-state index in [2.05, 4.69) is 31.9 Å². The Balaban J connectivity index is 0.755. The predicted molar refractivity (Wildman–Crippen MR) is 250 cm³/mol. The number of hydrogen-bond acceptors (Lipinski definition) is 11. The molecule has 2 unspecified atom stereocenters. The van der Waals surface area contributed by atoms with Crippen LogP contribution in [0.25, 0.3) is 0 Å². The number of imide groups is 1. The number of benzene rings is 4. The maximum atomic E-state index is 16.2. The molecule has 2 saturated heterocycles. The zero-order valence-corrected chi connectivity index (χ0v) is 38.3. The van der Waals surface area contributed by atoms with E-state index in [9.17, 15) is 33.9 Å². The molecule has 7 N–H and O–H groups in total.